The van der Waals surface area contributed by atoms with Gasteiger partial charge in [0.05, 0.1) is 0 Å². The first-order valence-corrected chi connectivity index (χ1v) is 9.44. The second kappa shape index (κ2) is 15.4. The molecule has 0 aliphatic heterocycles. The Bertz CT molecular complexity index is 165. The lowest BCUT2D eigenvalue weighted by molar-refractivity contribution is 0.331. The Balaban J connectivity index is 3.76. The minimum atomic E-state index is 0.714. The fourth-order valence-electron chi connectivity index (χ4n) is 3.12. The van der Waals surface area contributed by atoms with E-state index in [1.54, 1.807) is 0 Å². The number of nitrogens with two attached hydrogens (primary N) is 1. The molecule has 0 aromatic rings. The molecule has 20 heavy (non-hydrogen) atoms. The molecule has 0 amide bonds. The Morgan fingerprint density at radius 1 is 0.700 bits per heavy atom. The van der Waals surface area contributed by atoms with Crippen molar-refractivity contribution in [3.8, 4) is 0 Å². The van der Waals surface area contributed by atoms with Gasteiger partial charge in [0.2, 0.25) is 0 Å². The van der Waals surface area contributed by atoms with Crippen molar-refractivity contribution in [2.45, 2.75) is 104 Å². The molecular weight excluding hydrogens is 242 g/mol. The molecule has 0 spiro atoms. The molecule has 2 N–H and O–H groups in total. The van der Waals surface area contributed by atoms with Crippen LogP contribution in [0.15, 0.2) is 0 Å². The number of hydrogen-bond donors (Lipinski definition) is 1. The van der Waals surface area contributed by atoms with E-state index in [9.17, 15) is 0 Å². The van der Waals surface area contributed by atoms with Gasteiger partial charge in [-0.15, -0.1) is 0 Å². The van der Waals surface area contributed by atoms with Gasteiger partial charge in [-0.1, -0.05) is 97.8 Å². The van der Waals surface area contributed by atoms with Crippen molar-refractivity contribution in [1.82, 2.24) is 0 Å². The van der Waals surface area contributed by atoms with Crippen LogP contribution < -0.4 is 5.73 Å². The molecule has 0 rings (SSSR count). The normalized spacial score (nSPS) is 13.1. The lowest BCUT2D eigenvalue weighted by atomic mass is 9.87. The topological polar surface area (TPSA) is 26.0 Å². The van der Waals surface area contributed by atoms with E-state index in [-0.39, 0.29) is 0 Å². The first-order valence-electron chi connectivity index (χ1n) is 9.44. The largest absolute Gasteiger partial charge is 0.330 e. The van der Waals surface area contributed by atoms with E-state index in [1.165, 1.54) is 83.5 Å². The Morgan fingerprint density at radius 3 is 1.55 bits per heavy atom. The first-order chi connectivity index (χ1) is 9.74. The Hall–Kier alpha value is -0.0400. The summed E-state index contributed by atoms with van der Waals surface area (Å²) >= 11 is 0. The van der Waals surface area contributed by atoms with E-state index in [2.05, 4.69) is 20.8 Å². The number of unbranched alkanes of at least 4 members (excludes halogenated alkanes) is 8. The van der Waals surface area contributed by atoms with E-state index < -0.39 is 0 Å². The van der Waals surface area contributed by atoms with Crippen LogP contribution in [0, 0.1) is 11.8 Å². The van der Waals surface area contributed by atoms with Gasteiger partial charge in [0.15, 0.2) is 0 Å². The summed E-state index contributed by atoms with van der Waals surface area (Å²) in [5.41, 5.74) is 5.81. The summed E-state index contributed by atoms with van der Waals surface area (Å²) in [4.78, 5) is 0. The Morgan fingerprint density at radius 2 is 1.15 bits per heavy atom. The fraction of sp³-hybridized carbons (Fsp3) is 1.00. The van der Waals surface area contributed by atoms with Crippen LogP contribution in [0.2, 0.25) is 0 Å². The van der Waals surface area contributed by atoms with Crippen LogP contribution in [-0.4, -0.2) is 6.54 Å². The summed E-state index contributed by atoms with van der Waals surface area (Å²) in [7, 11) is 0. The van der Waals surface area contributed by atoms with Crippen LogP contribution in [0.25, 0.3) is 0 Å². The second-order valence-electron chi connectivity index (χ2n) is 6.85. The molecule has 0 aliphatic rings. The molecular formula is C19H41N. The van der Waals surface area contributed by atoms with Gasteiger partial charge in [-0.3, -0.25) is 0 Å². The van der Waals surface area contributed by atoms with Crippen LogP contribution in [0.3, 0.4) is 0 Å². The van der Waals surface area contributed by atoms with Gasteiger partial charge in [-0.25, -0.2) is 0 Å². The predicted molar refractivity (Wildman–Crippen MR) is 93.1 cm³/mol. The van der Waals surface area contributed by atoms with Crippen LogP contribution >= 0.6 is 0 Å². The summed E-state index contributed by atoms with van der Waals surface area (Å²) < 4.78 is 0. The standard InChI is InChI=1S/C19H41N/c1-4-6-8-10-12-14-19(16-18(3)17-20)15-13-11-9-7-5-2/h18-19H,4-17,20H2,1-3H3. The minimum absolute atomic E-state index is 0.714. The molecule has 1 atom stereocenters. The maximum absolute atomic E-state index is 5.81. The average molecular weight is 284 g/mol. The zero-order valence-corrected chi connectivity index (χ0v) is 14.6. The Kier molecular flexibility index (Phi) is 15.3. The third kappa shape index (κ3) is 13.0. The highest BCUT2D eigenvalue weighted by Crippen LogP contribution is 2.24. The summed E-state index contributed by atoms with van der Waals surface area (Å²) in [6, 6.07) is 0. The van der Waals surface area contributed by atoms with Gasteiger partial charge in [0, 0.05) is 0 Å². The lowest BCUT2D eigenvalue weighted by Crippen LogP contribution is -2.15. The average Bonchev–Trinajstić information content (AvgIpc) is 2.46. The molecule has 1 nitrogen and oxygen atoms in total. The molecule has 0 aromatic carbocycles. The van der Waals surface area contributed by atoms with E-state index in [0.29, 0.717) is 5.92 Å². The van der Waals surface area contributed by atoms with Crippen molar-refractivity contribution in [2.75, 3.05) is 6.54 Å². The molecule has 0 saturated carbocycles. The molecule has 0 radical (unpaired) electrons. The molecule has 122 valence electrons. The van der Waals surface area contributed by atoms with Crippen LogP contribution in [-0.2, 0) is 0 Å². The van der Waals surface area contributed by atoms with Gasteiger partial charge >= 0.3 is 0 Å². The van der Waals surface area contributed by atoms with Gasteiger partial charge in [-0.05, 0) is 24.8 Å². The van der Waals surface area contributed by atoms with E-state index >= 15 is 0 Å². The highest BCUT2D eigenvalue weighted by Gasteiger charge is 2.12. The summed E-state index contributed by atoms with van der Waals surface area (Å²) in [5, 5.41) is 0. The van der Waals surface area contributed by atoms with Crippen molar-refractivity contribution >= 4 is 0 Å². The molecule has 1 heteroatoms. The maximum atomic E-state index is 5.81. The maximum Gasteiger partial charge on any atom is -0.00514 e. The molecule has 0 aliphatic carbocycles. The van der Waals surface area contributed by atoms with E-state index in [0.717, 1.165) is 12.5 Å². The van der Waals surface area contributed by atoms with Crippen LogP contribution in [0.5, 0.6) is 0 Å². The minimum Gasteiger partial charge on any atom is -0.330 e. The van der Waals surface area contributed by atoms with E-state index in [1.807, 2.05) is 0 Å². The quantitative estimate of drug-likeness (QED) is 0.350. The number of rotatable bonds is 15. The molecule has 0 saturated heterocycles. The second-order valence-corrected chi connectivity index (χ2v) is 6.85. The third-order valence-electron chi connectivity index (χ3n) is 4.57. The predicted octanol–water partition coefficient (Wildman–Crippen LogP) is 6.31. The van der Waals surface area contributed by atoms with E-state index in [4.69, 9.17) is 5.73 Å². The van der Waals surface area contributed by atoms with Crippen molar-refractivity contribution in [3.63, 3.8) is 0 Å². The van der Waals surface area contributed by atoms with Crippen molar-refractivity contribution in [1.29, 1.82) is 0 Å². The lowest BCUT2D eigenvalue weighted by Gasteiger charge is -2.20. The smallest absolute Gasteiger partial charge is 0.00514 e. The fourth-order valence-corrected chi connectivity index (χ4v) is 3.12. The van der Waals surface area contributed by atoms with Crippen molar-refractivity contribution < 1.29 is 0 Å². The zero-order chi connectivity index (χ0) is 15.1. The Labute approximate surface area is 129 Å². The third-order valence-corrected chi connectivity index (χ3v) is 4.57. The van der Waals surface area contributed by atoms with Gasteiger partial charge < -0.3 is 5.73 Å². The molecule has 0 fully saturated rings. The van der Waals surface area contributed by atoms with Gasteiger partial charge in [-0.2, -0.15) is 0 Å². The molecule has 0 heterocycles. The summed E-state index contributed by atoms with van der Waals surface area (Å²) in [6.45, 7) is 7.77. The van der Waals surface area contributed by atoms with Crippen molar-refractivity contribution in [3.05, 3.63) is 0 Å². The van der Waals surface area contributed by atoms with Crippen LogP contribution in [0.4, 0.5) is 0 Å². The highest BCUT2D eigenvalue weighted by atomic mass is 14.5. The van der Waals surface area contributed by atoms with Gasteiger partial charge in [0.25, 0.3) is 0 Å². The highest BCUT2D eigenvalue weighted by molar-refractivity contribution is 4.65. The zero-order valence-electron chi connectivity index (χ0n) is 14.6. The SMILES string of the molecule is CCCCCCCC(CCCCCCC)CC(C)CN. The van der Waals surface area contributed by atoms with Gasteiger partial charge in [0.1, 0.15) is 0 Å². The first kappa shape index (κ1) is 20.0. The molecule has 0 aromatic heterocycles. The van der Waals surface area contributed by atoms with Crippen LogP contribution in [0.1, 0.15) is 104 Å². The monoisotopic (exact) mass is 283 g/mol. The van der Waals surface area contributed by atoms with Crippen molar-refractivity contribution in [2.24, 2.45) is 17.6 Å². The summed E-state index contributed by atoms with van der Waals surface area (Å²) in [5.74, 6) is 1.66. The molecule has 1 unspecified atom stereocenters. The molecule has 0 bridgehead atoms. The summed E-state index contributed by atoms with van der Waals surface area (Å²) in [6.07, 6.45) is 18.4. The number of hydrogen-bond acceptors (Lipinski definition) is 1.